The molecule has 7 heteroatoms. The normalized spacial score (nSPS) is 15.6. The summed E-state index contributed by atoms with van der Waals surface area (Å²) in [4.78, 5) is 0. The molecule has 104 valence electrons. The quantitative estimate of drug-likeness (QED) is 0.810. The van der Waals surface area contributed by atoms with E-state index < -0.39 is 9.84 Å². The van der Waals surface area contributed by atoms with Crippen LogP contribution in [0.5, 0.6) is 0 Å². The van der Waals surface area contributed by atoms with E-state index in [1.54, 1.807) is 22.6 Å². The number of aromatic nitrogens is 2. The zero-order chi connectivity index (χ0) is 13.8. The summed E-state index contributed by atoms with van der Waals surface area (Å²) in [5.74, 6) is 0.747. The standard InChI is InChI=1S/C11H21N3O2S2/c1-4-10(12)11(9-7-13-14(2)8-9)17-5-6-18(3,15)16/h7-8,10-11H,4-6,12H2,1-3H3. The Labute approximate surface area is 113 Å². The van der Waals surface area contributed by atoms with Crippen molar-refractivity contribution in [1.82, 2.24) is 9.78 Å². The molecule has 0 fully saturated rings. The molecular formula is C11H21N3O2S2. The highest BCUT2D eigenvalue weighted by atomic mass is 32.2. The number of aryl methyl sites for hydroxylation is 1. The number of thioether (sulfide) groups is 1. The smallest absolute Gasteiger partial charge is 0.148 e. The van der Waals surface area contributed by atoms with Gasteiger partial charge in [0.1, 0.15) is 9.84 Å². The molecule has 0 amide bonds. The van der Waals surface area contributed by atoms with Crippen LogP contribution in [0.1, 0.15) is 24.2 Å². The summed E-state index contributed by atoms with van der Waals surface area (Å²) in [7, 11) is -1.05. The van der Waals surface area contributed by atoms with Crippen LogP contribution < -0.4 is 5.73 Å². The van der Waals surface area contributed by atoms with Gasteiger partial charge in [0.05, 0.1) is 11.9 Å². The average molecular weight is 291 g/mol. The minimum atomic E-state index is -2.91. The second kappa shape index (κ2) is 6.58. The molecule has 0 aliphatic carbocycles. The maximum atomic E-state index is 11.1. The van der Waals surface area contributed by atoms with E-state index >= 15 is 0 Å². The Kier molecular flexibility index (Phi) is 5.68. The van der Waals surface area contributed by atoms with Crippen molar-refractivity contribution < 1.29 is 8.42 Å². The zero-order valence-corrected chi connectivity index (χ0v) is 12.7. The molecule has 1 aromatic heterocycles. The van der Waals surface area contributed by atoms with E-state index in [9.17, 15) is 8.42 Å². The van der Waals surface area contributed by atoms with Crippen LogP contribution in [0.2, 0.25) is 0 Å². The zero-order valence-electron chi connectivity index (χ0n) is 11.0. The van der Waals surface area contributed by atoms with E-state index in [-0.39, 0.29) is 17.0 Å². The van der Waals surface area contributed by atoms with Crippen LogP contribution >= 0.6 is 11.8 Å². The Morgan fingerprint density at radius 2 is 2.22 bits per heavy atom. The molecular weight excluding hydrogens is 270 g/mol. The summed E-state index contributed by atoms with van der Waals surface area (Å²) in [5, 5.41) is 4.24. The molecule has 0 bridgehead atoms. The second-order valence-electron chi connectivity index (χ2n) is 4.44. The summed E-state index contributed by atoms with van der Waals surface area (Å²) in [6, 6.07) is 0.0127. The molecule has 18 heavy (non-hydrogen) atoms. The highest BCUT2D eigenvalue weighted by Crippen LogP contribution is 2.32. The third-order valence-electron chi connectivity index (χ3n) is 2.67. The SMILES string of the molecule is CCC(N)C(SCCS(C)(=O)=O)c1cnn(C)c1. The lowest BCUT2D eigenvalue weighted by Crippen LogP contribution is -2.26. The van der Waals surface area contributed by atoms with Gasteiger partial charge in [0.25, 0.3) is 0 Å². The lowest BCUT2D eigenvalue weighted by Gasteiger charge is -2.21. The Morgan fingerprint density at radius 3 is 2.67 bits per heavy atom. The van der Waals surface area contributed by atoms with Crippen molar-refractivity contribution >= 4 is 21.6 Å². The minimum absolute atomic E-state index is 0.0127. The Bertz CT molecular complexity index is 470. The first-order valence-corrected chi connectivity index (χ1v) is 8.98. The molecule has 0 saturated carbocycles. The van der Waals surface area contributed by atoms with E-state index in [1.165, 1.54) is 6.26 Å². The van der Waals surface area contributed by atoms with Crippen molar-refractivity contribution in [3.05, 3.63) is 18.0 Å². The van der Waals surface area contributed by atoms with Gasteiger partial charge in [-0.1, -0.05) is 6.92 Å². The first kappa shape index (κ1) is 15.5. The number of hydrogen-bond donors (Lipinski definition) is 1. The molecule has 5 nitrogen and oxygen atoms in total. The predicted octanol–water partition coefficient (Wildman–Crippen LogP) is 0.976. The van der Waals surface area contributed by atoms with E-state index in [0.29, 0.717) is 5.75 Å². The topological polar surface area (TPSA) is 78.0 Å². The fourth-order valence-electron chi connectivity index (χ4n) is 1.59. The van der Waals surface area contributed by atoms with Gasteiger partial charge in [-0.2, -0.15) is 16.9 Å². The fourth-order valence-corrected chi connectivity index (χ4v) is 4.20. The Morgan fingerprint density at radius 1 is 1.56 bits per heavy atom. The largest absolute Gasteiger partial charge is 0.326 e. The van der Waals surface area contributed by atoms with Crippen molar-refractivity contribution in [3.63, 3.8) is 0 Å². The van der Waals surface area contributed by atoms with Crippen LogP contribution in [-0.2, 0) is 16.9 Å². The third kappa shape index (κ3) is 4.99. The van der Waals surface area contributed by atoms with E-state index in [1.807, 2.05) is 20.2 Å². The Balaban J connectivity index is 2.68. The molecule has 1 rings (SSSR count). The Hall–Kier alpha value is -0.530. The predicted molar refractivity (Wildman–Crippen MR) is 76.4 cm³/mol. The molecule has 0 radical (unpaired) electrons. The summed E-state index contributed by atoms with van der Waals surface area (Å²) >= 11 is 1.59. The van der Waals surface area contributed by atoms with Crippen LogP contribution in [0.3, 0.4) is 0 Å². The van der Waals surface area contributed by atoms with Crippen molar-refractivity contribution in [2.45, 2.75) is 24.6 Å². The van der Waals surface area contributed by atoms with Crippen LogP contribution in [0.4, 0.5) is 0 Å². The fraction of sp³-hybridized carbons (Fsp3) is 0.727. The van der Waals surface area contributed by atoms with Crippen molar-refractivity contribution in [1.29, 1.82) is 0 Å². The van der Waals surface area contributed by atoms with Crippen molar-refractivity contribution in [2.75, 3.05) is 17.8 Å². The summed E-state index contributed by atoms with van der Waals surface area (Å²) < 4.78 is 24.0. The maximum absolute atomic E-state index is 11.1. The first-order valence-electron chi connectivity index (χ1n) is 5.87. The highest BCUT2D eigenvalue weighted by molar-refractivity contribution is 8.00. The van der Waals surface area contributed by atoms with Crippen LogP contribution in [0.15, 0.2) is 12.4 Å². The molecule has 0 aliphatic heterocycles. The monoisotopic (exact) mass is 291 g/mol. The molecule has 1 heterocycles. The van der Waals surface area contributed by atoms with Gasteiger partial charge >= 0.3 is 0 Å². The number of nitrogens with two attached hydrogens (primary N) is 1. The van der Waals surface area contributed by atoms with Gasteiger partial charge in [-0.05, 0) is 6.42 Å². The number of rotatable bonds is 7. The van der Waals surface area contributed by atoms with Gasteiger partial charge in [0, 0.05) is 42.1 Å². The lowest BCUT2D eigenvalue weighted by molar-refractivity contribution is 0.603. The molecule has 0 saturated heterocycles. The van der Waals surface area contributed by atoms with Crippen LogP contribution in [0.25, 0.3) is 0 Å². The van der Waals surface area contributed by atoms with E-state index in [2.05, 4.69) is 5.10 Å². The number of sulfone groups is 1. The lowest BCUT2D eigenvalue weighted by atomic mass is 10.1. The number of hydrogen-bond acceptors (Lipinski definition) is 5. The summed E-state index contributed by atoms with van der Waals surface area (Å²) in [6.45, 7) is 2.03. The van der Waals surface area contributed by atoms with E-state index in [0.717, 1.165) is 12.0 Å². The summed E-state index contributed by atoms with van der Waals surface area (Å²) in [5.41, 5.74) is 7.16. The van der Waals surface area contributed by atoms with Crippen molar-refractivity contribution in [3.8, 4) is 0 Å². The van der Waals surface area contributed by atoms with Gasteiger partial charge in [-0.15, -0.1) is 0 Å². The molecule has 2 unspecified atom stereocenters. The third-order valence-corrected chi connectivity index (χ3v) is 5.29. The number of nitrogens with zero attached hydrogens (tertiary/aromatic N) is 2. The molecule has 0 aromatic carbocycles. The minimum Gasteiger partial charge on any atom is -0.326 e. The average Bonchev–Trinajstić information content (AvgIpc) is 2.68. The second-order valence-corrected chi connectivity index (χ2v) is 7.95. The van der Waals surface area contributed by atoms with E-state index in [4.69, 9.17) is 5.73 Å². The van der Waals surface area contributed by atoms with Gasteiger partial charge in [0.15, 0.2) is 0 Å². The molecule has 2 N–H and O–H groups in total. The van der Waals surface area contributed by atoms with Gasteiger partial charge in [-0.25, -0.2) is 8.42 Å². The van der Waals surface area contributed by atoms with Crippen LogP contribution in [-0.4, -0.2) is 42.0 Å². The first-order chi connectivity index (χ1) is 8.33. The van der Waals surface area contributed by atoms with Gasteiger partial charge in [-0.3, -0.25) is 4.68 Å². The van der Waals surface area contributed by atoms with Gasteiger partial charge in [0.2, 0.25) is 0 Å². The van der Waals surface area contributed by atoms with Crippen LogP contribution in [0, 0.1) is 0 Å². The molecule has 1 aromatic rings. The highest BCUT2D eigenvalue weighted by Gasteiger charge is 2.21. The molecule has 0 spiro atoms. The molecule has 2 atom stereocenters. The van der Waals surface area contributed by atoms with Gasteiger partial charge < -0.3 is 5.73 Å². The maximum Gasteiger partial charge on any atom is 0.148 e. The van der Waals surface area contributed by atoms with Crippen molar-refractivity contribution in [2.24, 2.45) is 12.8 Å². The molecule has 0 aliphatic rings. The summed E-state index contributed by atoms with van der Waals surface area (Å²) in [6.07, 6.45) is 5.85.